The molecule has 0 radical (unpaired) electrons. The number of sulfone groups is 1. The molecule has 1 saturated heterocycles. The van der Waals surface area contributed by atoms with E-state index in [9.17, 15) is 17.6 Å². The predicted octanol–water partition coefficient (Wildman–Crippen LogP) is 4.62. The summed E-state index contributed by atoms with van der Waals surface area (Å²) in [6.07, 6.45) is 0.351. The largest absolute Gasteiger partial charge is 0.457 e. The van der Waals surface area contributed by atoms with Gasteiger partial charge in [0, 0.05) is 18.7 Å². The zero-order valence-electron chi connectivity index (χ0n) is 16.8. The van der Waals surface area contributed by atoms with Crippen molar-refractivity contribution >= 4 is 15.7 Å². The molecular formula is C24H22FNO4S. The maximum absolute atomic E-state index is 13.1. The van der Waals surface area contributed by atoms with Crippen molar-refractivity contribution in [3.8, 4) is 11.5 Å². The smallest absolute Gasteiger partial charge is 0.254 e. The molecule has 0 bridgehead atoms. The van der Waals surface area contributed by atoms with Crippen LogP contribution in [-0.2, 0) is 9.84 Å². The van der Waals surface area contributed by atoms with Crippen molar-refractivity contribution in [3.05, 3.63) is 95.8 Å². The molecule has 1 amide bonds. The van der Waals surface area contributed by atoms with Crippen LogP contribution in [0.4, 0.5) is 4.39 Å². The van der Waals surface area contributed by atoms with Gasteiger partial charge in [-0.05, 0) is 54.4 Å². The van der Waals surface area contributed by atoms with E-state index in [-0.39, 0.29) is 24.0 Å². The third-order valence-corrected chi connectivity index (χ3v) is 7.46. The summed E-state index contributed by atoms with van der Waals surface area (Å²) in [4.78, 5) is 14.7. The van der Waals surface area contributed by atoms with E-state index in [0.29, 0.717) is 30.0 Å². The second-order valence-electron chi connectivity index (χ2n) is 7.43. The van der Waals surface area contributed by atoms with Crippen LogP contribution in [0, 0.1) is 5.82 Å². The SMILES string of the molecule is O=C(c1cccc(Oc2ccc(F)cc2)c1)N1CC[C@@H](c2ccccc2)S(=O)(=O)CC1. The lowest BCUT2D eigenvalue weighted by Crippen LogP contribution is -2.33. The number of carbonyl (C=O) groups excluding carboxylic acids is 1. The second kappa shape index (κ2) is 8.89. The molecule has 0 saturated carbocycles. The molecule has 0 aliphatic carbocycles. The molecule has 160 valence electrons. The Morgan fingerprint density at radius 3 is 2.39 bits per heavy atom. The van der Waals surface area contributed by atoms with Crippen LogP contribution in [0.2, 0.25) is 0 Å². The minimum absolute atomic E-state index is 0.0793. The average molecular weight is 440 g/mol. The Morgan fingerprint density at radius 2 is 1.65 bits per heavy atom. The molecule has 4 rings (SSSR count). The van der Waals surface area contributed by atoms with Crippen molar-refractivity contribution in [2.45, 2.75) is 11.7 Å². The van der Waals surface area contributed by atoms with Crippen LogP contribution in [0.15, 0.2) is 78.9 Å². The number of halogens is 1. The highest BCUT2D eigenvalue weighted by Gasteiger charge is 2.32. The Kier molecular flexibility index (Phi) is 6.04. The van der Waals surface area contributed by atoms with Crippen molar-refractivity contribution < 1.29 is 22.3 Å². The Bertz CT molecular complexity index is 1160. The number of rotatable bonds is 4. The first-order valence-electron chi connectivity index (χ1n) is 10.0. The summed E-state index contributed by atoms with van der Waals surface area (Å²) in [5, 5.41) is -0.611. The van der Waals surface area contributed by atoms with E-state index < -0.39 is 15.1 Å². The Balaban J connectivity index is 1.50. The fourth-order valence-corrected chi connectivity index (χ4v) is 5.50. The van der Waals surface area contributed by atoms with Crippen LogP contribution in [0.3, 0.4) is 0 Å². The van der Waals surface area contributed by atoms with Gasteiger partial charge in [-0.3, -0.25) is 4.79 Å². The summed E-state index contributed by atoms with van der Waals surface area (Å²) in [7, 11) is -3.36. The Hall–Kier alpha value is -3.19. The molecule has 1 atom stereocenters. The number of nitrogens with zero attached hydrogens (tertiary/aromatic N) is 1. The number of hydrogen-bond donors (Lipinski definition) is 0. The maximum atomic E-state index is 13.1. The predicted molar refractivity (Wildman–Crippen MR) is 116 cm³/mol. The molecule has 5 nitrogen and oxygen atoms in total. The van der Waals surface area contributed by atoms with E-state index >= 15 is 0 Å². The third-order valence-electron chi connectivity index (χ3n) is 5.33. The van der Waals surface area contributed by atoms with Crippen LogP contribution < -0.4 is 4.74 Å². The molecule has 31 heavy (non-hydrogen) atoms. The first-order chi connectivity index (χ1) is 14.9. The fourth-order valence-electron chi connectivity index (χ4n) is 3.70. The van der Waals surface area contributed by atoms with Gasteiger partial charge in [0.25, 0.3) is 5.91 Å². The van der Waals surface area contributed by atoms with Crippen LogP contribution in [-0.4, -0.2) is 38.1 Å². The zero-order valence-corrected chi connectivity index (χ0v) is 17.6. The highest BCUT2D eigenvalue weighted by atomic mass is 32.2. The van der Waals surface area contributed by atoms with Crippen LogP contribution in [0.5, 0.6) is 11.5 Å². The summed E-state index contributed by atoms with van der Waals surface area (Å²) in [6, 6.07) is 21.4. The van der Waals surface area contributed by atoms with Crippen LogP contribution in [0.1, 0.15) is 27.6 Å². The Labute approximate surface area is 181 Å². The number of hydrogen-bond acceptors (Lipinski definition) is 4. The van der Waals surface area contributed by atoms with Gasteiger partial charge in [-0.25, -0.2) is 12.8 Å². The molecule has 0 aromatic heterocycles. The van der Waals surface area contributed by atoms with Gasteiger partial charge in [0.15, 0.2) is 9.84 Å². The van der Waals surface area contributed by atoms with Crippen molar-refractivity contribution in [1.82, 2.24) is 4.90 Å². The van der Waals surface area contributed by atoms with Crippen molar-refractivity contribution in [3.63, 3.8) is 0 Å². The lowest BCUT2D eigenvalue weighted by molar-refractivity contribution is 0.0766. The minimum atomic E-state index is -3.36. The summed E-state index contributed by atoms with van der Waals surface area (Å²) in [6.45, 7) is 0.494. The Morgan fingerprint density at radius 1 is 0.903 bits per heavy atom. The van der Waals surface area contributed by atoms with Crippen LogP contribution >= 0.6 is 0 Å². The number of carbonyl (C=O) groups is 1. The van der Waals surface area contributed by atoms with Gasteiger partial charge in [0.1, 0.15) is 17.3 Å². The zero-order chi connectivity index (χ0) is 21.8. The van der Waals surface area contributed by atoms with Gasteiger partial charge in [-0.1, -0.05) is 36.4 Å². The van der Waals surface area contributed by atoms with Gasteiger partial charge in [-0.15, -0.1) is 0 Å². The van der Waals surface area contributed by atoms with E-state index in [1.807, 2.05) is 30.3 Å². The van der Waals surface area contributed by atoms with Gasteiger partial charge in [0.05, 0.1) is 11.0 Å². The third kappa shape index (κ3) is 4.94. The highest BCUT2D eigenvalue weighted by Crippen LogP contribution is 2.30. The summed E-state index contributed by atoms with van der Waals surface area (Å²) in [5.41, 5.74) is 1.17. The first-order valence-corrected chi connectivity index (χ1v) is 11.7. The van der Waals surface area contributed by atoms with E-state index in [2.05, 4.69) is 0 Å². The lowest BCUT2D eigenvalue weighted by atomic mass is 10.1. The standard InChI is InChI=1S/C24H22FNO4S/c25-20-9-11-21(12-10-20)30-22-8-4-7-19(17-22)24(27)26-14-13-23(31(28,29)16-15-26)18-5-2-1-3-6-18/h1-12,17,23H,13-16H2/t23-/m0/s1. The molecule has 3 aromatic rings. The monoisotopic (exact) mass is 439 g/mol. The van der Waals surface area contributed by atoms with Gasteiger partial charge in [0.2, 0.25) is 0 Å². The number of amides is 1. The van der Waals surface area contributed by atoms with Crippen molar-refractivity contribution in [1.29, 1.82) is 0 Å². The molecular weight excluding hydrogens is 417 g/mol. The van der Waals surface area contributed by atoms with Gasteiger partial charge in [-0.2, -0.15) is 0 Å². The lowest BCUT2D eigenvalue weighted by Gasteiger charge is -2.20. The molecule has 1 aliphatic heterocycles. The molecule has 7 heteroatoms. The fraction of sp³-hybridized carbons (Fsp3) is 0.208. The molecule has 0 N–H and O–H groups in total. The van der Waals surface area contributed by atoms with E-state index in [4.69, 9.17) is 4.74 Å². The van der Waals surface area contributed by atoms with Gasteiger partial charge >= 0.3 is 0 Å². The van der Waals surface area contributed by atoms with E-state index in [0.717, 1.165) is 5.56 Å². The van der Waals surface area contributed by atoms with Gasteiger partial charge < -0.3 is 9.64 Å². The molecule has 1 fully saturated rings. The quantitative estimate of drug-likeness (QED) is 0.595. The van der Waals surface area contributed by atoms with Crippen molar-refractivity contribution in [2.24, 2.45) is 0 Å². The summed E-state index contributed by atoms with van der Waals surface area (Å²) >= 11 is 0. The summed E-state index contributed by atoms with van der Waals surface area (Å²) < 4.78 is 44.4. The topological polar surface area (TPSA) is 63.7 Å². The molecule has 3 aromatic carbocycles. The van der Waals surface area contributed by atoms with E-state index in [1.165, 1.54) is 24.3 Å². The normalized spacial score (nSPS) is 18.2. The maximum Gasteiger partial charge on any atom is 0.254 e. The molecule has 1 heterocycles. The summed E-state index contributed by atoms with van der Waals surface area (Å²) in [5.74, 6) is 0.221. The number of ether oxygens (including phenoxy) is 1. The van der Waals surface area contributed by atoms with Crippen LogP contribution in [0.25, 0.3) is 0 Å². The molecule has 0 unspecified atom stereocenters. The first kappa shape index (κ1) is 21.1. The average Bonchev–Trinajstić information content (AvgIpc) is 2.93. The minimum Gasteiger partial charge on any atom is -0.457 e. The molecule has 1 aliphatic rings. The highest BCUT2D eigenvalue weighted by molar-refractivity contribution is 7.91. The van der Waals surface area contributed by atoms with E-state index in [1.54, 1.807) is 29.2 Å². The van der Waals surface area contributed by atoms with Crippen molar-refractivity contribution in [2.75, 3.05) is 18.8 Å². The number of benzene rings is 3. The second-order valence-corrected chi connectivity index (χ2v) is 9.73. The molecule has 0 spiro atoms.